The third-order valence-corrected chi connectivity index (χ3v) is 2.76. The van der Waals surface area contributed by atoms with Crippen molar-refractivity contribution in [3.05, 3.63) is 46.2 Å². The molecule has 2 rings (SSSR count). The zero-order chi connectivity index (χ0) is 14.5. The molecule has 0 aliphatic heterocycles. The number of aromatic amines is 1. The van der Waals surface area contributed by atoms with Crippen LogP contribution in [0.3, 0.4) is 0 Å². The number of nitrogens with one attached hydrogen (secondary N) is 2. The summed E-state index contributed by atoms with van der Waals surface area (Å²) >= 11 is 0. The molecule has 2 N–H and O–H groups in total. The first-order valence-corrected chi connectivity index (χ1v) is 6.12. The molecule has 104 valence electrons. The Kier molecular flexibility index (Phi) is 4.24. The Bertz CT molecular complexity index is 665. The fraction of sp³-hybridized carbons (Fsp3) is 0.214. The molecule has 1 heterocycles. The van der Waals surface area contributed by atoms with Gasteiger partial charge in [-0.05, 0) is 24.6 Å². The number of aryl methyl sites for hydroxylation is 1. The number of nitrogens with zero attached hydrogens (tertiary/aromatic N) is 1. The molecule has 5 nitrogen and oxygen atoms in total. The van der Waals surface area contributed by atoms with Crippen LogP contribution in [0.15, 0.2) is 35.1 Å². The summed E-state index contributed by atoms with van der Waals surface area (Å²) in [5.74, 6) is -0.362. The molecule has 0 unspecified atom stereocenters. The van der Waals surface area contributed by atoms with Crippen LogP contribution in [0.4, 0.5) is 10.1 Å². The zero-order valence-corrected chi connectivity index (χ0v) is 10.9. The molecule has 0 bridgehead atoms. The van der Waals surface area contributed by atoms with Gasteiger partial charge in [-0.1, -0.05) is 12.1 Å². The molecule has 0 radical (unpaired) electrons. The van der Waals surface area contributed by atoms with Crippen LogP contribution in [-0.4, -0.2) is 22.8 Å². The molecular weight excluding hydrogens is 261 g/mol. The molecule has 0 saturated heterocycles. The molecule has 0 aliphatic carbocycles. The van der Waals surface area contributed by atoms with E-state index in [9.17, 15) is 14.0 Å². The average molecular weight is 275 g/mol. The van der Waals surface area contributed by atoms with E-state index >= 15 is 0 Å². The van der Waals surface area contributed by atoms with Gasteiger partial charge in [0.2, 0.25) is 5.91 Å². The van der Waals surface area contributed by atoms with Crippen LogP contribution in [0.2, 0.25) is 0 Å². The van der Waals surface area contributed by atoms with Gasteiger partial charge < -0.3 is 5.32 Å². The van der Waals surface area contributed by atoms with E-state index in [1.807, 2.05) is 0 Å². The summed E-state index contributed by atoms with van der Waals surface area (Å²) in [6.45, 7) is 1.12. The van der Waals surface area contributed by atoms with Crippen LogP contribution in [-0.2, 0) is 4.79 Å². The highest BCUT2D eigenvalue weighted by atomic mass is 19.1. The lowest BCUT2D eigenvalue weighted by molar-refractivity contribution is -0.116. The summed E-state index contributed by atoms with van der Waals surface area (Å²) in [6, 6.07) is 8.44. The van der Waals surface area contributed by atoms with Gasteiger partial charge in [-0.2, -0.15) is 5.10 Å². The van der Waals surface area contributed by atoms with Gasteiger partial charge in [-0.15, -0.1) is 0 Å². The zero-order valence-electron chi connectivity index (χ0n) is 10.9. The highest BCUT2D eigenvalue weighted by Crippen LogP contribution is 2.21. The lowest BCUT2D eigenvalue weighted by Gasteiger charge is -2.06. The van der Waals surface area contributed by atoms with E-state index in [4.69, 9.17) is 0 Å². The minimum absolute atomic E-state index is 0.150. The van der Waals surface area contributed by atoms with E-state index in [0.29, 0.717) is 11.4 Å². The molecule has 1 amide bonds. The molecule has 0 spiro atoms. The van der Waals surface area contributed by atoms with Crippen molar-refractivity contribution in [2.24, 2.45) is 0 Å². The summed E-state index contributed by atoms with van der Waals surface area (Å²) in [4.78, 5) is 22.4. The van der Waals surface area contributed by atoms with Crippen molar-refractivity contribution in [3.8, 4) is 11.3 Å². The fourth-order valence-corrected chi connectivity index (χ4v) is 1.81. The second-order valence-electron chi connectivity index (χ2n) is 4.33. The Morgan fingerprint density at radius 1 is 1.35 bits per heavy atom. The van der Waals surface area contributed by atoms with Crippen molar-refractivity contribution in [3.63, 3.8) is 0 Å². The number of H-pyrrole nitrogens is 1. The molecule has 20 heavy (non-hydrogen) atoms. The summed E-state index contributed by atoms with van der Waals surface area (Å²) in [5, 5.41) is 8.97. The maximum Gasteiger partial charge on any atom is 0.264 e. The maximum absolute atomic E-state index is 12.0. The Balaban J connectivity index is 2.19. The summed E-state index contributed by atoms with van der Waals surface area (Å²) in [6.07, 6.45) is -0.150. The molecule has 0 saturated carbocycles. The Morgan fingerprint density at radius 3 is 2.65 bits per heavy atom. The first-order chi connectivity index (χ1) is 9.60. The monoisotopic (exact) mass is 275 g/mol. The fourth-order valence-electron chi connectivity index (χ4n) is 1.81. The molecule has 1 aromatic carbocycles. The van der Waals surface area contributed by atoms with E-state index in [2.05, 4.69) is 15.5 Å². The van der Waals surface area contributed by atoms with Crippen LogP contribution in [0.1, 0.15) is 12.0 Å². The van der Waals surface area contributed by atoms with E-state index < -0.39 is 6.67 Å². The van der Waals surface area contributed by atoms with Gasteiger partial charge in [-0.25, -0.2) is 5.10 Å². The van der Waals surface area contributed by atoms with Crippen LogP contribution >= 0.6 is 0 Å². The lowest BCUT2D eigenvalue weighted by Crippen LogP contribution is -2.11. The third kappa shape index (κ3) is 3.28. The molecule has 0 fully saturated rings. The average Bonchev–Trinajstić information content (AvgIpc) is 2.40. The van der Waals surface area contributed by atoms with Gasteiger partial charge in [0.25, 0.3) is 5.56 Å². The Labute approximate surface area is 114 Å². The van der Waals surface area contributed by atoms with Gasteiger partial charge in [0.05, 0.1) is 18.8 Å². The summed E-state index contributed by atoms with van der Waals surface area (Å²) in [5.41, 5.74) is 2.60. The predicted molar refractivity (Wildman–Crippen MR) is 74.3 cm³/mol. The van der Waals surface area contributed by atoms with Crippen molar-refractivity contribution >= 4 is 11.6 Å². The van der Waals surface area contributed by atoms with Crippen molar-refractivity contribution in [2.45, 2.75) is 13.3 Å². The second-order valence-corrected chi connectivity index (χ2v) is 4.33. The number of aromatic nitrogens is 2. The number of anilines is 1. The molecule has 0 atom stereocenters. The van der Waals surface area contributed by atoms with E-state index in [-0.39, 0.29) is 17.9 Å². The standard InChI is InChI=1S/C14H14FN3O2/c1-9-8-13(20)17-18-14(9)10-2-4-11(5-3-10)16-12(19)6-7-15/h2-5,8H,6-7H2,1H3,(H,16,19)(H,17,20). The van der Waals surface area contributed by atoms with Gasteiger partial charge >= 0.3 is 0 Å². The number of halogens is 1. The van der Waals surface area contributed by atoms with Crippen molar-refractivity contribution < 1.29 is 9.18 Å². The lowest BCUT2D eigenvalue weighted by atomic mass is 10.1. The van der Waals surface area contributed by atoms with Crippen molar-refractivity contribution in [1.29, 1.82) is 0 Å². The summed E-state index contributed by atoms with van der Waals surface area (Å²) in [7, 11) is 0. The molecule has 1 aromatic heterocycles. The minimum Gasteiger partial charge on any atom is -0.326 e. The quantitative estimate of drug-likeness (QED) is 0.896. The van der Waals surface area contributed by atoms with E-state index in [1.54, 1.807) is 31.2 Å². The largest absolute Gasteiger partial charge is 0.326 e. The number of carbonyl (C=O) groups is 1. The Morgan fingerprint density at radius 2 is 2.05 bits per heavy atom. The predicted octanol–water partition coefficient (Wildman–Crippen LogP) is 2.04. The second kappa shape index (κ2) is 6.10. The number of carbonyl (C=O) groups excluding carboxylic acids is 1. The van der Waals surface area contributed by atoms with E-state index in [0.717, 1.165) is 11.1 Å². The SMILES string of the molecule is Cc1cc(=O)[nH]nc1-c1ccc(NC(=O)CCF)cc1. The molecule has 6 heteroatoms. The maximum atomic E-state index is 12.0. The smallest absolute Gasteiger partial charge is 0.264 e. The van der Waals surface area contributed by atoms with Crippen LogP contribution in [0, 0.1) is 6.92 Å². The van der Waals surface area contributed by atoms with Gasteiger partial charge in [-0.3, -0.25) is 14.0 Å². The van der Waals surface area contributed by atoms with Crippen LogP contribution < -0.4 is 10.9 Å². The molecule has 0 aliphatic rings. The summed E-state index contributed by atoms with van der Waals surface area (Å²) < 4.78 is 12.0. The van der Waals surface area contributed by atoms with Gasteiger partial charge in [0, 0.05) is 17.3 Å². The third-order valence-electron chi connectivity index (χ3n) is 2.76. The normalized spacial score (nSPS) is 10.3. The number of rotatable bonds is 4. The van der Waals surface area contributed by atoms with Gasteiger partial charge in [0.15, 0.2) is 0 Å². The highest BCUT2D eigenvalue weighted by molar-refractivity contribution is 5.91. The van der Waals surface area contributed by atoms with Crippen LogP contribution in [0.5, 0.6) is 0 Å². The number of alkyl halides is 1. The Hall–Kier alpha value is -2.50. The van der Waals surface area contributed by atoms with Crippen molar-refractivity contribution in [2.75, 3.05) is 12.0 Å². The van der Waals surface area contributed by atoms with Crippen LogP contribution in [0.25, 0.3) is 11.3 Å². The minimum atomic E-state index is -0.676. The first kappa shape index (κ1) is 13.9. The topological polar surface area (TPSA) is 74.8 Å². The van der Waals surface area contributed by atoms with Gasteiger partial charge in [0.1, 0.15) is 0 Å². The number of benzene rings is 1. The molecular formula is C14H14FN3O2. The number of hydrogen-bond acceptors (Lipinski definition) is 3. The molecule has 2 aromatic rings. The van der Waals surface area contributed by atoms with Crippen molar-refractivity contribution in [1.82, 2.24) is 10.2 Å². The van der Waals surface area contributed by atoms with E-state index in [1.165, 1.54) is 6.07 Å². The number of amides is 1. The highest BCUT2D eigenvalue weighted by Gasteiger charge is 2.06. The number of hydrogen-bond donors (Lipinski definition) is 2. The first-order valence-electron chi connectivity index (χ1n) is 6.12.